The van der Waals surface area contributed by atoms with Gasteiger partial charge in [-0.3, -0.25) is 14.0 Å². The first-order valence-electron chi connectivity index (χ1n) is 9.25. The van der Waals surface area contributed by atoms with Crippen molar-refractivity contribution in [1.29, 1.82) is 0 Å². The van der Waals surface area contributed by atoms with Crippen LogP contribution in [0, 0.1) is 6.92 Å². The number of ether oxygens (including phenoxy) is 1. The Morgan fingerprint density at radius 1 is 1.13 bits per heavy atom. The van der Waals surface area contributed by atoms with E-state index in [4.69, 9.17) is 4.74 Å². The third kappa shape index (κ3) is 5.08. The van der Waals surface area contributed by atoms with Gasteiger partial charge in [-0.1, -0.05) is 17.7 Å². The van der Waals surface area contributed by atoms with Crippen LogP contribution in [0.4, 0.5) is 5.69 Å². The molecule has 2 aromatic carbocycles. The van der Waals surface area contributed by atoms with E-state index in [9.17, 15) is 9.59 Å². The molecule has 2 aromatic heterocycles. The second kappa shape index (κ2) is 9.15. The maximum absolute atomic E-state index is 12.2. The first-order valence-corrected chi connectivity index (χ1v) is 11.3. The lowest BCUT2D eigenvalue weighted by molar-refractivity contribution is -0.113. The second-order valence-electron chi connectivity index (χ2n) is 6.62. The minimum Gasteiger partial charge on any atom is -0.457 e. The van der Waals surface area contributed by atoms with Gasteiger partial charge in [0.1, 0.15) is 11.5 Å². The van der Waals surface area contributed by atoms with E-state index in [1.54, 1.807) is 18.3 Å². The molecule has 0 spiro atoms. The average Bonchev–Trinajstić information content (AvgIpc) is 3.20. The third-order valence-electron chi connectivity index (χ3n) is 4.23. The highest BCUT2D eigenvalue weighted by molar-refractivity contribution is 7.99. The number of rotatable bonds is 7. The summed E-state index contributed by atoms with van der Waals surface area (Å²) in [6.07, 6.45) is 1.71. The Bertz CT molecular complexity index is 1220. The number of fused-ring (bicyclic) bond motifs is 1. The van der Waals surface area contributed by atoms with Gasteiger partial charge in [0.05, 0.1) is 11.4 Å². The van der Waals surface area contributed by atoms with Crippen molar-refractivity contribution >= 4 is 39.7 Å². The molecule has 0 aliphatic rings. The molecule has 152 valence electrons. The third-order valence-corrected chi connectivity index (χ3v) is 5.96. The van der Waals surface area contributed by atoms with E-state index in [-0.39, 0.29) is 17.2 Å². The summed E-state index contributed by atoms with van der Waals surface area (Å²) in [6, 6.07) is 16.6. The Morgan fingerprint density at radius 2 is 1.83 bits per heavy atom. The van der Waals surface area contributed by atoms with Crippen molar-refractivity contribution in [1.82, 2.24) is 9.38 Å². The molecular formula is C22H19N3O3S2. The molecule has 4 rings (SSSR count). The number of aromatic nitrogens is 2. The molecule has 6 nitrogen and oxygen atoms in total. The van der Waals surface area contributed by atoms with Crippen LogP contribution in [0.15, 0.2) is 71.0 Å². The highest BCUT2D eigenvalue weighted by atomic mass is 32.2. The average molecular weight is 438 g/mol. The van der Waals surface area contributed by atoms with Crippen LogP contribution < -0.4 is 15.6 Å². The molecule has 0 saturated carbocycles. The lowest BCUT2D eigenvalue weighted by Crippen LogP contribution is -2.15. The van der Waals surface area contributed by atoms with Crippen LogP contribution in [0.1, 0.15) is 11.3 Å². The Balaban J connectivity index is 1.27. The molecule has 0 unspecified atom stereocenters. The first kappa shape index (κ1) is 20.2. The summed E-state index contributed by atoms with van der Waals surface area (Å²) in [6.45, 7) is 2.03. The van der Waals surface area contributed by atoms with Crippen molar-refractivity contribution < 1.29 is 9.53 Å². The number of aryl methyl sites for hydroxylation is 1. The zero-order valence-electron chi connectivity index (χ0n) is 16.2. The van der Waals surface area contributed by atoms with Gasteiger partial charge in [-0.15, -0.1) is 23.1 Å². The fourth-order valence-electron chi connectivity index (χ4n) is 2.76. The van der Waals surface area contributed by atoms with E-state index in [0.29, 0.717) is 27.8 Å². The lowest BCUT2D eigenvalue weighted by Gasteiger charge is -2.08. The van der Waals surface area contributed by atoms with Crippen LogP contribution in [-0.4, -0.2) is 21.0 Å². The molecule has 0 saturated heterocycles. The van der Waals surface area contributed by atoms with Gasteiger partial charge in [-0.25, -0.2) is 4.98 Å². The van der Waals surface area contributed by atoms with Crippen molar-refractivity contribution in [2.45, 2.75) is 12.7 Å². The number of anilines is 1. The lowest BCUT2D eigenvalue weighted by atomic mass is 10.2. The smallest absolute Gasteiger partial charge is 0.258 e. The molecule has 1 N–H and O–H groups in total. The van der Waals surface area contributed by atoms with Gasteiger partial charge in [-0.05, 0) is 43.3 Å². The maximum atomic E-state index is 12.2. The number of hydrogen-bond acceptors (Lipinski definition) is 6. The number of carbonyl (C=O) groups excluding carboxylic acids is 1. The number of thiazole rings is 1. The first-order chi connectivity index (χ1) is 14.6. The van der Waals surface area contributed by atoms with Crippen molar-refractivity contribution in [2.24, 2.45) is 0 Å². The molecule has 0 aliphatic carbocycles. The Morgan fingerprint density at radius 3 is 2.57 bits per heavy atom. The number of nitrogens with one attached hydrogen (secondary N) is 1. The zero-order valence-corrected chi connectivity index (χ0v) is 17.8. The van der Waals surface area contributed by atoms with Gasteiger partial charge < -0.3 is 10.1 Å². The minimum absolute atomic E-state index is 0.103. The van der Waals surface area contributed by atoms with Gasteiger partial charge >= 0.3 is 0 Å². The highest BCUT2D eigenvalue weighted by Crippen LogP contribution is 2.23. The molecule has 0 radical (unpaired) electrons. The maximum Gasteiger partial charge on any atom is 0.258 e. The molecule has 0 atom stereocenters. The van der Waals surface area contributed by atoms with Crippen LogP contribution in [-0.2, 0) is 10.5 Å². The molecule has 30 heavy (non-hydrogen) atoms. The van der Waals surface area contributed by atoms with Crippen molar-refractivity contribution in [3.05, 3.63) is 87.8 Å². The molecule has 2 heterocycles. The fourth-order valence-corrected chi connectivity index (χ4v) is 4.21. The van der Waals surface area contributed by atoms with E-state index in [1.165, 1.54) is 39.1 Å². The van der Waals surface area contributed by atoms with E-state index in [2.05, 4.69) is 10.3 Å². The predicted octanol–water partition coefficient (Wildman–Crippen LogP) is 4.73. The monoisotopic (exact) mass is 437 g/mol. The molecule has 0 bridgehead atoms. The number of carbonyl (C=O) groups is 1. The predicted molar refractivity (Wildman–Crippen MR) is 122 cm³/mol. The molecule has 1 amide bonds. The summed E-state index contributed by atoms with van der Waals surface area (Å²) in [5.41, 5.74) is 2.45. The van der Waals surface area contributed by atoms with Gasteiger partial charge in [-0.2, -0.15) is 0 Å². The largest absolute Gasteiger partial charge is 0.457 e. The zero-order chi connectivity index (χ0) is 20.9. The number of hydrogen-bond donors (Lipinski definition) is 1. The molecule has 0 fully saturated rings. The summed E-state index contributed by atoms with van der Waals surface area (Å²) in [4.78, 5) is 29.3. The molecular weight excluding hydrogens is 418 g/mol. The Hall–Kier alpha value is -3.10. The van der Waals surface area contributed by atoms with Gasteiger partial charge in [0, 0.05) is 29.1 Å². The van der Waals surface area contributed by atoms with E-state index < -0.39 is 0 Å². The standard InChI is InChI=1S/C22H19N3O3S2/c1-15-2-6-18(7-3-15)28-19-8-4-16(5-9-19)23-20(26)14-29-13-17-12-21(27)25-10-11-30-22(25)24-17/h2-12H,13-14H2,1H3,(H,23,26). The number of nitrogens with zero attached hydrogens (tertiary/aromatic N) is 2. The normalized spacial score (nSPS) is 10.8. The van der Waals surface area contributed by atoms with E-state index >= 15 is 0 Å². The second-order valence-corrected chi connectivity index (χ2v) is 8.48. The SMILES string of the molecule is Cc1ccc(Oc2ccc(NC(=O)CSCc3cc(=O)n4ccsc4n3)cc2)cc1. The van der Waals surface area contributed by atoms with Crippen LogP contribution in [0.3, 0.4) is 0 Å². The quantitative estimate of drug-likeness (QED) is 0.453. The summed E-state index contributed by atoms with van der Waals surface area (Å²) >= 11 is 2.83. The molecule has 8 heteroatoms. The van der Waals surface area contributed by atoms with Crippen molar-refractivity contribution in [3.8, 4) is 11.5 Å². The van der Waals surface area contributed by atoms with Crippen LogP contribution >= 0.6 is 23.1 Å². The Kier molecular flexibility index (Phi) is 6.15. The summed E-state index contributed by atoms with van der Waals surface area (Å²) in [5, 5.41) is 4.69. The number of thioether (sulfide) groups is 1. The van der Waals surface area contributed by atoms with Crippen LogP contribution in [0.25, 0.3) is 4.96 Å². The molecule has 4 aromatic rings. The topological polar surface area (TPSA) is 72.7 Å². The van der Waals surface area contributed by atoms with Crippen molar-refractivity contribution in [3.63, 3.8) is 0 Å². The van der Waals surface area contributed by atoms with Crippen LogP contribution in [0.5, 0.6) is 11.5 Å². The van der Waals surface area contributed by atoms with E-state index in [1.807, 2.05) is 48.7 Å². The minimum atomic E-state index is -0.110. The summed E-state index contributed by atoms with van der Waals surface area (Å²) < 4.78 is 7.30. The summed E-state index contributed by atoms with van der Waals surface area (Å²) in [5.74, 6) is 2.13. The van der Waals surface area contributed by atoms with Gasteiger partial charge in [0.15, 0.2) is 4.96 Å². The number of amides is 1. The highest BCUT2D eigenvalue weighted by Gasteiger charge is 2.07. The van der Waals surface area contributed by atoms with E-state index in [0.717, 1.165) is 5.75 Å². The van der Waals surface area contributed by atoms with Gasteiger partial charge in [0.25, 0.3) is 5.56 Å². The Labute approximate surface area is 181 Å². The number of benzene rings is 2. The van der Waals surface area contributed by atoms with Crippen molar-refractivity contribution in [2.75, 3.05) is 11.1 Å². The van der Waals surface area contributed by atoms with Gasteiger partial charge in [0.2, 0.25) is 5.91 Å². The molecule has 0 aliphatic heterocycles. The fraction of sp³-hybridized carbons (Fsp3) is 0.136. The summed E-state index contributed by atoms with van der Waals surface area (Å²) in [7, 11) is 0. The van der Waals surface area contributed by atoms with Crippen LogP contribution in [0.2, 0.25) is 0 Å².